The molecule has 2 N–H and O–H groups in total. The molecule has 27 heavy (non-hydrogen) atoms. The van der Waals surface area contributed by atoms with Gasteiger partial charge >= 0.3 is 0 Å². The molecule has 5 heteroatoms. The number of aryl methyl sites for hydroxylation is 1. The molecule has 0 saturated heterocycles. The van der Waals surface area contributed by atoms with Gasteiger partial charge in [-0.25, -0.2) is 0 Å². The molecule has 2 rings (SSSR count). The number of benzene rings is 2. The molecule has 0 aliphatic carbocycles. The minimum Gasteiger partial charge on any atom is -0.484 e. The van der Waals surface area contributed by atoms with Gasteiger partial charge in [0.05, 0.1) is 6.54 Å². The van der Waals surface area contributed by atoms with Crippen molar-refractivity contribution in [2.24, 2.45) is 0 Å². The Hall–Kier alpha value is -2.82. The molecule has 0 atom stereocenters. The van der Waals surface area contributed by atoms with Gasteiger partial charge in [0, 0.05) is 5.69 Å². The van der Waals surface area contributed by atoms with Crippen LogP contribution in [0.4, 0.5) is 5.69 Å². The van der Waals surface area contributed by atoms with Crippen LogP contribution < -0.4 is 15.4 Å². The van der Waals surface area contributed by atoms with Crippen LogP contribution in [0.2, 0.25) is 0 Å². The summed E-state index contributed by atoms with van der Waals surface area (Å²) in [5, 5.41) is 5.37. The van der Waals surface area contributed by atoms with Crippen molar-refractivity contribution in [3.05, 3.63) is 59.2 Å². The van der Waals surface area contributed by atoms with Crippen LogP contribution in [0.1, 0.15) is 37.5 Å². The summed E-state index contributed by atoms with van der Waals surface area (Å²) in [6, 6.07) is 13.4. The number of ether oxygens (including phenoxy) is 1. The van der Waals surface area contributed by atoms with Crippen LogP contribution in [0.25, 0.3) is 0 Å². The van der Waals surface area contributed by atoms with Crippen LogP contribution >= 0.6 is 0 Å². The smallest absolute Gasteiger partial charge is 0.258 e. The average molecular weight is 368 g/mol. The van der Waals surface area contributed by atoms with Gasteiger partial charge in [0.2, 0.25) is 5.91 Å². The molecular formula is C22H28N2O3. The lowest BCUT2D eigenvalue weighted by molar-refractivity contribution is -0.125. The van der Waals surface area contributed by atoms with Crippen LogP contribution in [0.5, 0.6) is 5.75 Å². The summed E-state index contributed by atoms with van der Waals surface area (Å²) in [5.74, 6) is 0.00980. The molecule has 0 unspecified atom stereocenters. The van der Waals surface area contributed by atoms with Crippen LogP contribution in [-0.2, 0) is 15.0 Å². The number of amides is 2. The number of hydrogen-bond donors (Lipinski definition) is 2. The lowest BCUT2D eigenvalue weighted by Crippen LogP contribution is -2.35. The van der Waals surface area contributed by atoms with Gasteiger partial charge in [0.1, 0.15) is 5.75 Å². The first-order chi connectivity index (χ1) is 12.7. The van der Waals surface area contributed by atoms with Crippen LogP contribution in [0, 0.1) is 13.8 Å². The number of carbonyl (C=O) groups is 2. The zero-order valence-electron chi connectivity index (χ0n) is 16.7. The zero-order chi connectivity index (χ0) is 20.0. The SMILES string of the molecule is Cc1cccc(NC(=O)CNC(=O)COc2ccc(C(C)(C)C)cc2)c1C. The van der Waals surface area contributed by atoms with Gasteiger partial charge in [0.25, 0.3) is 5.91 Å². The summed E-state index contributed by atoms with van der Waals surface area (Å²) in [4.78, 5) is 23.9. The first-order valence-electron chi connectivity index (χ1n) is 9.03. The fourth-order valence-electron chi connectivity index (χ4n) is 2.51. The lowest BCUT2D eigenvalue weighted by Gasteiger charge is -2.19. The molecule has 0 radical (unpaired) electrons. The molecular weight excluding hydrogens is 340 g/mol. The topological polar surface area (TPSA) is 67.4 Å². The van der Waals surface area contributed by atoms with Gasteiger partial charge in [-0.2, -0.15) is 0 Å². The Labute approximate surface area is 161 Å². The summed E-state index contributed by atoms with van der Waals surface area (Å²) >= 11 is 0. The zero-order valence-corrected chi connectivity index (χ0v) is 16.7. The van der Waals surface area contributed by atoms with Crippen LogP contribution in [0.3, 0.4) is 0 Å². The summed E-state index contributed by atoms with van der Waals surface area (Å²) < 4.78 is 5.48. The molecule has 0 heterocycles. The number of rotatable bonds is 6. The summed E-state index contributed by atoms with van der Waals surface area (Å²) in [6.45, 7) is 10.1. The van der Waals surface area contributed by atoms with Crippen molar-refractivity contribution in [2.45, 2.75) is 40.0 Å². The second kappa shape index (κ2) is 8.71. The number of hydrogen-bond acceptors (Lipinski definition) is 3. The Morgan fingerprint density at radius 3 is 2.26 bits per heavy atom. The van der Waals surface area contributed by atoms with Crippen molar-refractivity contribution in [3.8, 4) is 5.75 Å². The molecule has 0 aromatic heterocycles. The molecule has 2 aromatic rings. The van der Waals surface area contributed by atoms with Gasteiger partial charge in [-0.1, -0.05) is 45.0 Å². The van der Waals surface area contributed by atoms with E-state index in [1.54, 1.807) is 0 Å². The Bertz CT molecular complexity index is 805. The standard InChI is InChI=1S/C22H28N2O3/c1-15-7-6-8-19(16(15)2)24-20(25)13-23-21(26)14-27-18-11-9-17(10-12-18)22(3,4)5/h6-12H,13-14H2,1-5H3,(H,23,26)(H,24,25). The minimum atomic E-state index is -0.342. The maximum Gasteiger partial charge on any atom is 0.258 e. The van der Waals surface area contributed by atoms with E-state index in [0.29, 0.717) is 5.75 Å². The van der Waals surface area contributed by atoms with E-state index >= 15 is 0 Å². The monoisotopic (exact) mass is 368 g/mol. The second-order valence-corrected chi connectivity index (χ2v) is 7.64. The predicted octanol–water partition coefficient (Wildman–Crippen LogP) is 3.73. The largest absolute Gasteiger partial charge is 0.484 e. The maximum atomic E-state index is 12.0. The summed E-state index contributed by atoms with van der Waals surface area (Å²) in [7, 11) is 0. The molecule has 2 amide bonds. The van der Waals surface area contributed by atoms with E-state index < -0.39 is 0 Å². The molecule has 0 saturated carbocycles. The molecule has 0 aliphatic rings. The molecule has 5 nitrogen and oxygen atoms in total. The predicted molar refractivity (Wildman–Crippen MR) is 108 cm³/mol. The molecule has 0 aliphatic heterocycles. The maximum absolute atomic E-state index is 12.0. The highest BCUT2D eigenvalue weighted by molar-refractivity contribution is 5.95. The van der Waals surface area contributed by atoms with Crippen molar-refractivity contribution in [1.29, 1.82) is 0 Å². The highest BCUT2D eigenvalue weighted by Gasteiger charge is 2.13. The average Bonchev–Trinajstić information content (AvgIpc) is 2.61. The molecule has 0 fully saturated rings. The third kappa shape index (κ3) is 6.13. The van der Waals surface area contributed by atoms with Crippen molar-refractivity contribution in [2.75, 3.05) is 18.5 Å². The number of nitrogens with one attached hydrogen (secondary N) is 2. The number of carbonyl (C=O) groups excluding carboxylic acids is 2. The normalized spacial score (nSPS) is 11.0. The van der Waals surface area contributed by atoms with Gasteiger partial charge in [-0.15, -0.1) is 0 Å². The Balaban J connectivity index is 1.77. The highest BCUT2D eigenvalue weighted by atomic mass is 16.5. The van der Waals surface area contributed by atoms with Gasteiger partial charge in [-0.05, 0) is 54.2 Å². The number of anilines is 1. The third-order valence-corrected chi connectivity index (χ3v) is 4.42. The van der Waals surface area contributed by atoms with E-state index in [9.17, 15) is 9.59 Å². The van der Waals surface area contributed by atoms with Crippen molar-refractivity contribution in [1.82, 2.24) is 5.32 Å². The fraction of sp³-hybridized carbons (Fsp3) is 0.364. The fourth-order valence-corrected chi connectivity index (χ4v) is 2.51. The third-order valence-electron chi connectivity index (χ3n) is 4.42. The van der Waals surface area contributed by atoms with Crippen molar-refractivity contribution < 1.29 is 14.3 Å². The van der Waals surface area contributed by atoms with E-state index in [-0.39, 0.29) is 30.4 Å². The molecule has 144 valence electrons. The van der Waals surface area contributed by atoms with Gasteiger partial charge < -0.3 is 15.4 Å². The first-order valence-corrected chi connectivity index (χ1v) is 9.03. The van der Waals surface area contributed by atoms with E-state index in [1.807, 2.05) is 56.3 Å². The molecule has 2 aromatic carbocycles. The summed E-state index contributed by atoms with van der Waals surface area (Å²) in [6.07, 6.45) is 0. The van der Waals surface area contributed by atoms with Crippen LogP contribution in [-0.4, -0.2) is 25.0 Å². The van der Waals surface area contributed by atoms with E-state index in [2.05, 4.69) is 31.4 Å². The van der Waals surface area contributed by atoms with E-state index in [4.69, 9.17) is 4.74 Å². The Kier molecular flexibility index (Phi) is 6.61. The Morgan fingerprint density at radius 2 is 1.63 bits per heavy atom. The van der Waals surface area contributed by atoms with Crippen molar-refractivity contribution in [3.63, 3.8) is 0 Å². The van der Waals surface area contributed by atoms with Crippen molar-refractivity contribution >= 4 is 17.5 Å². The van der Waals surface area contributed by atoms with E-state index in [1.165, 1.54) is 5.56 Å². The Morgan fingerprint density at radius 1 is 0.963 bits per heavy atom. The molecule has 0 bridgehead atoms. The quantitative estimate of drug-likeness (QED) is 0.816. The van der Waals surface area contributed by atoms with E-state index in [0.717, 1.165) is 16.8 Å². The minimum absolute atomic E-state index is 0.0684. The summed E-state index contributed by atoms with van der Waals surface area (Å²) in [5.41, 5.74) is 4.13. The second-order valence-electron chi connectivity index (χ2n) is 7.64. The highest BCUT2D eigenvalue weighted by Crippen LogP contribution is 2.24. The lowest BCUT2D eigenvalue weighted by atomic mass is 9.87. The van der Waals surface area contributed by atoms with Gasteiger partial charge in [0.15, 0.2) is 6.61 Å². The van der Waals surface area contributed by atoms with Crippen LogP contribution in [0.15, 0.2) is 42.5 Å². The first kappa shape index (κ1) is 20.5. The van der Waals surface area contributed by atoms with Gasteiger partial charge in [-0.3, -0.25) is 9.59 Å². The molecule has 0 spiro atoms.